The van der Waals surface area contributed by atoms with Crippen LogP contribution in [0.25, 0.3) is 11.1 Å². The van der Waals surface area contributed by atoms with Gasteiger partial charge in [0.2, 0.25) is 5.91 Å². The van der Waals surface area contributed by atoms with Crippen LogP contribution in [0, 0.1) is 0 Å². The van der Waals surface area contributed by atoms with Gasteiger partial charge in [0.1, 0.15) is 0 Å². The van der Waals surface area contributed by atoms with Crippen LogP contribution in [-0.4, -0.2) is 30.9 Å². The predicted molar refractivity (Wildman–Crippen MR) is 98.6 cm³/mol. The van der Waals surface area contributed by atoms with Crippen molar-refractivity contribution in [2.24, 2.45) is 0 Å². The van der Waals surface area contributed by atoms with Crippen LogP contribution in [0.2, 0.25) is 0 Å². The van der Waals surface area contributed by atoms with Crippen molar-refractivity contribution in [2.75, 3.05) is 19.5 Å². The zero-order chi connectivity index (χ0) is 19.4. The average molecular weight is 370 g/mol. The highest BCUT2D eigenvalue weighted by Crippen LogP contribution is 2.29. The second kappa shape index (κ2) is 7.77. The zero-order valence-electron chi connectivity index (χ0n) is 14.8. The van der Waals surface area contributed by atoms with Crippen LogP contribution in [0.4, 0.5) is 5.69 Å². The van der Waals surface area contributed by atoms with E-state index in [0.29, 0.717) is 33.8 Å². The molecule has 8 nitrogen and oxygen atoms in total. The first-order valence-electron chi connectivity index (χ1n) is 8.18. The van der Waals surface area contributed by atoms with Gasteiger partial charge in [0.05, 0.1) is 19.7 Å². The van der Waals surface area contributed by atoms with Crippen molar-refractivity contribution < 1.29 is 23.5 Å². The van der Waals surface area contributed by atoms with Gasteiger partial charge in [-0.1, -0.05) is 0 Å². The molecule has 0 aliphatic carbocycles. The number of H-pyrrole nitrogens is 1. The Morgan fingerprint density at radius 2 is 1.81 bits per heavy atom. The van der Waals surface area contributed by atoms with E-state index in [1.807, 2.05) is 0 Å². The van der Waals surface area contributed by atoms with E-state index in [1.165, 1.54) is 20.3 Å². The number of hydrogen-bond donors (Lipinski definition) is 2. The number of ketones is 1. The Labute approximate surface area is 154 Å². The van der Waals surface area contributed by atoms with Crippen molar-refractivity contribution in [2.45, 2.75) is 12.8 Å². The summed E-state index contributed by atoms with van der Waals surface area (Å²) in [4.78, 5) is 38.1. The standard InChI is InChI=1S/C19H18N2O6/c1-25-15-7-4-12(10-17(15)26-2)20-18(23)8-6-14(22)11-3-5-13-16(9-11)27-19(24)21-13/h3-5,7,9-10H,6,8H2,1-2H3,(H,20,23)(H,21,24). The number of benzene rings is 2. The van der Waals surface area contributed by atoms with Crippen molar-refractivity contribution in [1.82, 2.24) is 4.98 Å². The summed E-state index contributed by atoms with van der Waals surface area (Å²) < 4.78 is 15.3. The molecule has 0 spiro atoms. The summed E-state index contributed by atoms with van der Waals surface area (Å²) in [6.45, 7) is 0. The van der Waals surface area contributed by atoms with Gasteiger partial charge in [-0.25, -0.2) is 4.79 Å². The Kier molecular flexibility index (Phi) is 5.25. The minimum absolute atomic E-state index is 0.0162. The molecule has 0 saturated heterocycles. The van der Waals surface area contributed by atoms with E-state index in [4.69, 9.17) is 13.9 Å². The third-order valence-electron chi connectivity index (χ3n) is 3.99. The quantitative estimate of drug-likeness (QED) is 0.619. The number of oxazole rings is 1. The molecule has 1 aromatic heterocycles. The number of amides is 1. The Morgan fingerprint density at radius 1 is 1.04 bits per heavy atom. The fourth-order valence-electron chi connectivity index (χ4n) is 2.63. The molecule has 0 aliphatic heterocycles. The minimum atomic E-state index is -0.580. The van der Waals surface area contributed by atoms with Crippen LogP contribution in [0.3, 0.4) is 0 Å². The molecule has 1 amide bonds. The molecule has 3 aromatic rings. The number of carbonyl (C=O) groups is 2. The van der Waals surface area contributed by atoms with Gasteiger partial charge >= 0.3 is 5.76 Å². The van der Waals surface area contributed by atoms with Crippen LogP contribution in [0.1, 0.15) is 23.2 Å². The van der Waals surface area contributed by atoms with Crippen molar-refractivity contribution in [3.8, 4) is 11.5 Å². The molecule has 0 unspecified atom stereocenters. The molecule has 8 heteroatoms. The van der Waals surface area contributed by atoms with E-state index in [9.17, 15) is 14.4 Å². The van der Waals surface area contributed by atoms with Crippen molar-refractivity contribution >= 4 is 28.5 Å². The number of ether oxygens (including phenoxy) is 2. The largest absolute Gasteiger partial charge is 0.493 e. The lowest BCUT2D eigenvalue weighted by Crippen LogP contribution is -2.13. The van der Waals surface area contributed by atoms with E-state index in [2.05, 4.69) is 10.3 Å². The second-order valence-corrected chi connectivity index (χ2v) is 5.77. The zero-order valence-corrected chi connectivity index (χ0v) is 14.8. The number of fused-ring (bicyclic) bond motifs is 1. The van der Waals surface area contributed by atoms with Crippen molar-refractivity contribution in [1.29, 1.82) is 0 Å². The van der Waals surface area contributed by atoms with Crippen LogP contribution in [-0.2, 0) is 4.79 Å². The van der Waals surface area contributed by atoms with Gasteiger partial charge in [-0.05, 0) is 30.3 Å². The number of hydrogen-bond acceptors (Lipinski definition) is 6. The minimum Gasteiger partial charge on any atom is -0.493 e. The van der Waals surface area contributed by atoms with Crippen LogP contribution < -0.4 is 20.5 Å². The number of rotatable bonds is 7. The van der Waals surface area contributed by atoms with Crippen molar-refractivity contribution in [3.05, 3.63) is 52.5 Å². The molecule has 0 saturated carbocycles. The van der Waals surface area contributed by atoms with Crippen LogP contribution in [0.5, 0.6) is 11.5 Å². The Balaban J connectivity index is 1.61. The van der Waals surface area contributed by atoms with Crippen LogP contribution in [0.15, 0.2) is 45.6 Å². The van der Waals surface area contributed by atoms with Crippen molar-refractivity contribution in [3.63, 3.8) is 0 Å². The Bertz CT molecular complexity index is 1050. The number of anilines is 1. The topological polar surface area (TPSA) is 111 Å². The lowest BCUT2D eigenvalue weighted by atomic mass is 10.1. The summed E-state index contributed by atoms with van der Waals surface area (Å²) >= 11 is 0. The van der Waals surface area contributed by atoms with Crippen LogP contribution >= 0.6 is 0 Å². The maximum Gasteiger partial charge on any atom is 0.417 e. The number of Topliss-reactive ketones (excluding diaryl/α,β-unsaturated/α-hetero) is 1. The fraction of sp³-hybridized carbons (Fsp3) is 0.211. The number of aromatic amines is 1. The first kappa shape index (κ1) is 18.2. The predicted octanol–water partition coefficient (Wildman–Crippen LogP) is 2.74. The van der Waals surface area contributed by atoms with E-state index >= 15 is 0 Å². The van der Waals surface area contributed by atoms with E-state index in [0.717, 1.165) is 0 Å². The summed E-state index contributed by atoms with van der Waals surface area (Å²) in [6, 6.07) is 9.67. The number of methoxy groups -OCH3 is 2. The Hall–Kier alpha value is -3.55. The third kappa shape index (κ3) is 4.17. The maximum absolute atomic E-state index is 12.3. The molecule has 2 aromatic carbocycles. The average Bonchev–Trinajstić information content (AvgIpc) is 3.05. The highest BCUT2D eigenvalue weighted by Gasteiger charge is 2.13. The first-order valence-corrected chi connectivity index (χ1v) is 8.18. The molecule has 140 valence electrons. The highest BCUT2D eigenvalue weighted by atomic mass is 16.5. The molecular formula is C19H18N2O6. The number of carbonyl (C=O) groups excluding carboxylic acids is 2. The third-order valence-corrected chi connectivity index (χ3v) is 3.99. The molecule has 0 atom stereocenters. The molecule has 0 aliphatic rings. The summed E-state index contributed by atoms with van der Waals surface area (Å²) in [5, 5.41) is 2.72. The van der Waals surface area contributed by atoms with Gasteiger partial charge < -0.3 is 19.2 Å². The van der Waals surface area contributed by atoms with Gasteiger partial charge in [0.15, 0.2) is 22.9 Å². The molecule has 1 heterocycles. The van der Waals surface area contributed by atoms with E-state index in [1.54, 1.807) is 30.3 Å². The lowest BCUT2D eigenvalue weighted by molar-refractivity contribution is -0.116. The summed E-state index contributed by atoms with van der Waals surface area (Å²) in [7, 11) is 3.03. The molecule has 2 N–H and O–H groups in total. The number of aromatic nitrogens is 1. The van der Waals surface area contributed by atoms with E-state index < -0.39 is 5.76 Å². The Morgan fingerprint density at radius 3 is 2.56 bits per heavy atom. The molecule has 0 bridgehead atoms. The molecule has 3 rings (SSSR count). The first-order chi connectivity index (χ1) is 13.0. The van der Waals surface area contributed by atoms with Gasteiger partial charge in [0.25, 0.3) is 0 Å². The summed E-state index contributed by atoms with van der Waals surface area (Å²) in [5.41, 5.74) is 1.74. The van der Waals surface area contributed by atoms with Gasteiger partial charge in [-0.3, -0.25) is 14.6 Å². The normalized spacial score (nSPS) is 10.6. The monoisotopic (exact) mass is 370 g/mol. The summed E-state index contributed by atoms with van der Waals surface area (Å²) in [6.07, 6.45) is 0.0432. The van der Waals surface area contributed by atoms with Gasteiger partial charge in [-0.2, -0.15) is 0 Å². The molecule has 0 fully saturated rings. The van der Waals surface area contributed by atoms with E-state index in [-0.39, 0.29) is 24.5 Å². The van der Waals surface area contributed by atoms with Gasteiger partial charge in [0, 0.05) is 30.2 Å². The number of nitrogens with one attached hydrogen (secondary N) is 2. The smallest absolute Gasteiger partial charge is 0.417 e. The highest BCUT2D eigenvalue weighted by molar-refractivity contribution is 6.01. The molecular weight excluding hydrogens is 352 g/mol. The fourth-order valence-corrected chi connectivity index (χ4v) is 2.63. The molecule has 27 heavy (non-hydrogen) atoms. The summed E-state index contributed by atoms with van der Waals surface area (Å²) in [5.74, 6) is -0.0536. The van der Waals surface area contributed by atoms with Gasteiger partial charge in [-0.15, -0.1) is 0 Å². The molecule has 0 radical (unpaired) electrons. The lowest BCUT2D eigenvalue weighted by Gasteiger charge is -2.10. The SMILES string of the molecule is COc1ccc(NC(=O)CCC(=O)c2ccc3[nH]c(=O)oc3c2)cc1OC. The second-order valence-electron chi connectivity index (χ2n) is 5.77. The maximum atomic E-state index is 12.3.